The highest BCUT2D eigenvalue weighted by Gasteiger charge is 2.52. The monoisotopic (exact) mass is 407 g/mol. The molecule has 2 aliphatic heterocycles. The van der Waals surface area contributed by atoms with Crippen molar-refractivity contribution < 1.29 is 14.3 Å². The summed E-state index contributed by atoms with van der Waals surface area (Å²) in [5, 5.41) is 3.13. The van der Waals surface area contributed by atoms with Crippen LogP contribution in [0, 0.1) is 5.41 Å². The summed E-state index contributed by atoms with van der Waals surface area (Å²) in [6, 6.07) is 17.0. The second kappa shape index (κ2) is 8.48. The molecule has 4 rings (SSSR count). The minimum absolute atomic E-state index is 0.0129. The Morgan fingerprint density at radius 3 is 2.40 bits per heavy atom. The molecule has 2 saturated heterocycles. The molecule has 0 aromatic heterocycles. The maximum absolute atomic E-state index is 13.4. The van der Waals surface area contributed by atoms with E-state index >= 15 is 0 Å². The average molecular weight is 408 g/mol. The molecule has 2 heterocycles. The Morgan fingerprint density at radius 2 is 1.70 bits per heavy atom. The number of carbonyl (C=O) groups is 2. The average Bonchev–Trinajstić information content (AvgIpc) is 2.98. The number of nitrogens with one attached hydrogen (secondary N) is 1. The molecular weight excluding hydrogens is 378 g/mol. The van der Waals surface area contributed by atoms with Gasteiger partial charge < -0.3 is 19.9 Å². The molecule has 0 aliphatic carbocycles. The minimum Gasteiger partial charge on any atom is -0.497 e. The number of likely N-dealkylation sites (tertiary alicyclic amines) is 2. The van der Waals surface area contributed by atoms with E-state index < -0.39 is 5.41 Å². The second-order valence-electron chi connectivity index (χ2n) is 8.28. The van der Waals surface area contributed by atoms with E-state index in [0.717, 1.165) is 30.8 Å². The fraction of sp³-hybridized carbons (Fsp3) is 0.417. The molecule has 6 heteroatoms. The van der Waals surface area contributed by atoms with E-state index in [1.54, 1.807) is 19.2 Å². The Morgan fingerprint density at radius 1 is 1.00 bits per heavy atom. The maximum Gasteiger partial charge on any atom is 0.253 e. The highest BCUT2D eigenvalue weighted by Crippen LogP contribution is 2.44. The minimum atomic E-state index is -0.473. The molecule has 0 unspecified atom stereocenters. The van der Waals surface area contributed by atoms with E-state index in [0.29, 0.717) is 25.1 Å². The number of nitrogens with zero attached hydrogens (tertiary/aromatic N) is 2. The van der Waals surface area contributed by atoms with Gasteiger partial charge in [-0.15, -0.1) is 0 Å². The Bertz CT molecular complexity index is 900. The van der Waals surface area contributed by atoms with Crippen LogP contribution < -0.4 is 10.1 Å². The van der Waals surface area contributed by atoms with Crippen LogP contribution in [0.15, 0.2) is 54.6 Å². The topological polar surface area (TPSA) is 61.9 Å². The Hall–Kier alpha value is -2.86. The number of hydrogen-bond acceptors (Lipinski definition) is 4. The number of ether oxygens (including phenoxy) is 1. The normalized spacial score (nSPS) is 24.1. The first-order chi connectivity index (χ1) is 14.5. The largest absolute Gasteiger partial charge is 0.497 e. The standard InChI is InChI=1S/C24H29N3O3/c1-26-16-13-24(23(29)25-19-6-4-3-5-7-19)14-17-27(15-12-21(24)26)22(28)18-8-10-20(30-2)11-9-18/h3-11,21H,12-17H2,1-2H3,(H,25,29)/t21-,24-/m0/s1. The molecule has 158 valence electrons. The fourth-order valence-electron chi connectivity index (χ4n) is 4.91. The molecule has 2 aromatic rings. The highest BCUT2D eigenvalue weighted by atomic mass is 16.5. The van der Waals surface area contributed by atoms with Crippen molar-refractivity contribution in [1.29, 1.82) is 0 Å². The lowest BCUT2D eigenvalue weighted by molar-refractivity contribution is -0.127. The molecule has 2 atom stereocenters. The zero-order valence-corrected chi connectivity index (χ0v) is 17.6. The van der Waals surface area contributed by atoms with E-state index in [-0.39, 0.29) is 17.9 Å². The van der Waals surface area contributed by atoms with Gasteiger partial charge in [-0.2, -0.15) is 0 Å². The Labute approximate surface area is 177 Å². The van der Waals surface area contributed by atoms with Gasteiger partial charge in [-0.25, -0.2) is 0 Å². The lowest BCUT2D eigenvalue weighted by Crippen LogP contribution is -2.46. The van der Waals surface area contributed by atoms with Crippen LogP contribution in [0.2, 0.25) is 0 Å². The van der Waals surface area contributed by atoms with Crippen molar-refractivity contribution in [2.45, 2.75) is 25.3 Å². The van der Waals surface area contributed by atoms with Crippen LogP contribution in [-0.2, 0) is 4.79 Å². The van der Waals surface area contributed by atoms with E-state index in [4.69, 9.17) is 4.74 Å². The van der Waals surface area contributed by atoms with Gasteiger partial charge in [-0.1, -0.05) is 18.2 Å². The van der Waals surface area contributed by atoms with Crippen molar-refractivity contribution in [2.24, 2.45) is 5.41 Å². The lowest BCUT2D eigenvalue weighted by Gasteiger charge is -2.34. The molecule has 0 spiro atoms. The van der Waals surface area contributed by atoms with Gasteiger partial charge in [0.15, 0.2) is 0 Å². The van der Waals surface area contributed by atoms with Gasteiger partial charge in [0, 0.05) is 30.4 Å². The van der Waals surface area contributed by atoms with Crippen LogP contribution in [0.5, 0.6) is 5.75 Å². The van der Waals surface area contributed by atoms with Gasteiger partial charge in [-0.3, -0.25) is 9.59 Å². The molecule has 0 saturated carbocycles. The second-order valence-corrected chi connectivity index (χ2v) is 8.28. The molecule has 2 aromatic carbocycles. The SMILES string of the molecule is COc1ccc(C(=O)N2CC[C@@H]3N(C)CC[C@]3(C(=O)Nc3ccccc3)CC2)cc1. The molecule has 6 nitrogen and oxygen atoms in total. The number of hydrogen-bond donors (Lipinski definition) is 1. The smallest absolute Gasteiger partial charge is 0.253 e. The van der Waals surface area contributed by atoms with Gasteiger partial charge in [-0.05, 0) is 69.3 Å². The molecule has 0 bridgehead atoms. The van der Waals surface area contributed by atoms with Gasteiger partial charge >= 0.3 is 0 Å². The summed E-state index contributed by atoms with van der Waals surface area (Å²) in [7, 11) is 3.70. The number of rotatable bonds is 4. The van der Waals surface area contributed by atoms with Crippen molar-refractivity contribution in [1.82, 2.24) is 9.80 Å². The first kappa shape index (κ1) is 20.4. The van der Waals surface area contributed by atoms with Crippen molar-refractivity contribution in [2.75, 3.05) is 39.1 Å². The van der Waals surface area contributed by atoms with Gasteiger partial charge in [0.2, 0.25) is 5.91 Å². The summed E-state index contributed by atoms with van der Waals surface area (Å²) >= 11 is 0. The molecule has 2 aliphatic rings. The number of benzene rings is 2. The zero-order chi connectivity index (χ0) is 21.1. The van der Waals surface area contributed by atoms with E-state index in [9.17, 15) is 9.59 Å². The van der Waals surface area contributed by atoms with E-state index in [1.807, 2.05) is 47.4 Å². The third-order valence-electron chi connectivity index (χ3n) is 6.69. The fourth-order valence-corrected chi connectivity index (χ4v) is 4.91. The number of carbonyl (C=O) groups excluding carboxylic acids is 2. The number of fused-ring (bicyclic) bond motifs is 1. The third-order valence-corrected chi connectivity index (χ3v) is 6.69. The van der Waals surface area contributed by atoms with E-state index in [2.05, 4.69) is 17.3 Å². The predicted molar refractivity (Wildman–Crippen MR) is 117 cm³/mol. The number of anilines is 1. The zero-order valence-electron chi connectivity index (χ0n) is 17.6. The summed E-state index contributed by atoms with van der Waals surface area (Å²) in [5.74, 6) is 0.816. The Kier molecular flexibility index (Phi) is 5.77. The maximum atomic E-state index is 13.4. The summed E-state index contributed by atoms with van der Waals surface area (Å²) in [6.07, 6.45) is 2.28. The van der Waals surface area contributed by atoms with Gasteiger partial charge in [0.25, 0.3) is 5.91 Å². The van der Waals surface area contributed by atoms with Gasteiger partial charge in [0.1, 0.15) is 5.75 Å². The first-order valence-corrected chi connectivity index (χ1v) is 10.5. The third kappa shape index (κ3) is 3.79. The summed E-state index contributed by atoms with van der Waals surface area (Å²) in [4.78, 5) is 30.7. The summed E-state index contributed by atoms with van der Waals surface area (Å²) < 4.78 is 5.19. The predicted octanol–water partition coefficient (Wildman–Crippen LogP) is 3.26. The molecular formula is C24H29N3O3. The molecule has 0 radical (unpaired) electrons. The van der Waals surface area contributed by atoms with Crippen LogP contribution in [0.25, 0.3) is 0 Å². The van der Waals surface area contributed by atoms with Crippen LogP contribution in [-0.4, -0.2) is 61.4 Å². The van der Waals surface area contributed by atoms with Crippen LogP contribution in [0.1, 0.15) is 29.6 Å². The van der Waals surface area contributed by atoms with E-state index in [1.165, 1.54) is 0 Å². The number of amides is 2. The van der Waals surface area contributed by atoms with Crippen molar-refractivity contribution in [3.05, 3.63) is 60.2 Å². The molecule has 30 heavy (non-hydrogen) atoms. The molecule has 2 fully saturated rings. The number of methoxy groups -OCH3 is 1. The van der Waals surface area contributed by atoms with Crippen molar-refractivity contribution >= 4 is 17.5 Å². The van der Waals surface area contributed by atoms with Crippen molar-refractivity contribution in [3.63, 3.8) is 0 Å². The van der Waals surface area contributed by atoms with Gasteiger partial charge in [0.05, 0.1) is 12.5 Å². The lowest BCUT2D eigenvalue weighted by atomic mass is 9.75. The number of para-hydroxylation sites is 1. The Balaban J connectivity index is 1.52. The molecule has 2 amide bonds. The quantitative estimate of drug-likeness (QED) is 0.845. The molecule has 1 N–H and O–H groups in total. The van der Waals surface area contributed by atoms with Crippen molar-refractivity contribution in [3.8, 4) is 5.75 Å². The van der Waals surface area contributed by atoms with Crippen LogP contribution in [0.4, 0.5) is 5.69 Å². The van der Waals surface area contributed by atoms with Crippen LogP contribution >= 0.6 is 0 Å². The summed E-state index contributed by atoms with van der Waals surface area (Å²) in [5.41, 5.74) is 0.999. The summed E-state index contributed by atoms with van der Waals surface area (Å²) in [6.45, 7) is 2.14. The first-order valence-electron chi connectivity index (χ1n) is 10.5. The highest BCUT2D eigenvalue weighted by molar-refractivity contribution is 5.97. The van der Waals surface area contributed by atoms with Crippen LogP contribution in [0.3, 0.4) is 0 Å².